The molecule has 0 radical (unpaired) electrons. The highest BCUT2D eigenvalue weighted by Crippen LogP contribution is 2.21. The number of hydrogen-bond acceptors (Lipinski definition) is 4. The van der Waals surface area contributed by atoms with E-state index in [0.29, 0.717) is 32.6 Å². The van der Waals surface area contributed by atoms with E-state index in [4.69, 9.17) is 4.74 Å². The molecule has 0 aromatic heterocycles. The number of para-hydroxylation sites is 1. The van der Waals surface area contributed by atoms with Crippen molar-refractivity contribution >= 4 is 29.9 Å². The summed E-state index contributed by atoms with van der Waals surface area (Å²) in [6.45, 7) is 2.63. The number of carbonyl (C=O) groups excluding carboxylic acids is 2. The standard InChI is InChI=1S/C16H21N3O3.ClH/c20-15(10-12-11-22-9-7-17-12)18-14-6-8-19(16(14)21)13-4-2-1-3-5-13;/h1-5,12,14,17H,6-11H2,(H,18,20);1H. The fourth-order valence-electron chi connectivity index (χ4n) is 2.91. The van der Waals surface area contributed by atoms with E-state index >= 15 is 0 Å². The molecule has 0 bridgehead atoms. The molecule has 2 N–H and O–H groups in total. The van der Waals surface area contributed by atoms with Crippen molar-refractivity contribution in [3.8, 4) is 0 Å². The molecule has 2 fully saturated rings. The van der Waals surface area contributed by atoms with Gasteiger partial charge in [0.2, 0.25) is 11.8 Å². The van der Waals surface area contributed by atoms with E-state index < -0.39 is 6.04 Å². The maximum absolute atomic E-state index is 12.4. The van der Waals surface area contributed by atoms with Gasteiger partial charge in [-0.1, -0.05) is 18.2 Å². The molecule has 0 aliphatic carbocycles. The number of hydrogen-bond donors (Lipinski definition) is 2. The number of anilines is 1. The van der Waals surface area contributed by atoms with Crippen molar-refractivity contribution < 1.29 is 14.3 Å². The van der Waals surface area contributed by atoms with Crippen LogP contribution in [-0.2, 0) is 14.3 Å². The van der Waals surface area contributed by atoms with Crippen LogP contribution in [0.1, 0.15) is 12.8 Å². The van der Waals surface area contributed by atoms with Gasteiger partial charge in [-0.15, -0.1) is 12.4 Å². The molecule has 7 heteroatoms. The molecule has 0 saturated carbocycles. The van der Waals surface area contributed by atoms with Crippen LogP contribution in [0.15, 0.2) is 30.3 Å². The molecule has 2 aliphatic heterocycles. The second-order valence-electron chi connectivity index (χ2n) is 5.66. The molecular formula is C16H22ClN3O3. The number of nitrogens with one attached hydrogen (secondary N) is 2. The van der Waals surface area contributed by atoms with Gasteiger partial charge in [-0.25, -0.2) is 0 Å². The van der Waals surface area contributed by atoms with Gasteiger partial charge in [0.05, 0.1) is 13.2 Å². The van der Waals surface area contributed by atoms with Gasteiger partial charge >= 0.3 is 0 Å². The highest BCUT2D eigenvalue weighted by molar-refractivity contribution is 6.01. The molecular weight excluding hydrogens is 318 g/mol. The minimum Gasteiger partial charge on any atom is -0.378 e. The summed E-state index contributed by atoms with van der Waals surface area (Å²) in [6, 6.07) is 9.17. The Balaban J connectivity index is 0.00000192. The van der Waals surface area contributed by atoms with Crippen LogP contribution in [0.3, 0.4) is 0 Å². The van der Waals surface area contributed by atoms with Crippen LogP contribution in [-0.4, -0.2) is 50.2 Å². The van der Waals surface area contributed by atoms with Crippen LogP contribution in [0.2, 0.25) is 0 Å². The molecule has 2 saturated heterocycles. The quantitative estimate of drug-likeness (QED) is 0.847. The predicted octanol–water partition coefficient (Wildman–Crippen LogP) is 0.708. The number of halogens is 1. The predicted molar refractivity (Wildman–Crippen MR) is 89.8 cm³/mol. The van der Waals surface area contributed by atoms with Crippen LogP contribution in [0, 0.1) is 0 Å². The fraction of sp³-hybridized carbons (Fsp3) is 0.500. The van der Waals surface area contributed by atoms with Crippen LogP contribution in [0.4, 0.5) is 5.69 Å². The minimum absolute atomic E-state index is 0. The van der Waals surface area contributed by atoms with Gasteiger partial charge in [0.1, 0.15) is 6.04 Å². The lowest BCUT2D eigenvalue weighted by Crippen LogP contribution is -2.47. The van der Waals surface area contributed by atoms with Gasteiger partial charge in [0.15, 0.2) is 0 Å². The summed E-state index contributed by atoms with van der Waals surface area (Å²) in [5.41, 5.74) is 0.881. The van der Waals surface area contributed by atoms with Crippen LogP contribution in [0.5, 0.6) is 0 Å². The number of nitrogens with zero attached hydrogens (tertiary/aromatic N) is 1. The number of carbonyl (C=O) groups is 2. The normalized spacial score (nSPS) is 24.2. The molecule has 2 heterocycles. The van der Waals surface area contributed by atoms with Gasteiger partial charge < -0.3 is 20.3 Å². The monoisotopic (exact) mass is 339 g/mol. The van der Waals surface area contributed by atoms with Crippen molar-refractivity contribution in [2.45, 2.75) is 24.9 Å². The van der Waals surface area contributed by atoms with Crippen molar-refractivity contribution in [1.29, 1.82) is 0 Å². The maximum Gasteiger partial charge on any atom is 0.249 e. The van der Waals surface area contributed by atoms with E-state index in [1.165, 1.54) is 0 Å². The maximum atomic E-state index is 12.4. The molecule has 6 nitrogen and oxygen atoms in total. The third kappa shape index (κ3) is 4.43. The first-order valence-corrected chi connectivity index (χ1v) is 7.71. The number of rotatable bonds is 4. The Morgan fingerprint density at radius 2 is 2.13 bits per heavy atom. The molecule has 3 rings (SSSR count). The Kier molecular flexibility index (Phi) is 6.38. The van der Waals surface area contributed by atoms with Crippen molar-refractivity contribution in [3.05, 3.63) is 30.3 Å². The minimum atomic E-state index is -0.419. The van der Waals surface area contributed by atoms with Crippen molar-refractivity contribution in [1.82, 2.24) is 10.6 Å². The van der Waals surface area contributed by atoms with Crippen LogP contribution in [0.25, 0.3) is 0 Å². The first-order chi connectivity index (χ1) is 10.7. The summed E-state index contributed by atoms with van der Waals surface area (Å²) >= 11 is 0. The number of ether oxygens (including phenoxy) is 1. The Morgan fingerprint density at radius 1 is 1.35 bits per heavy atom. The number of morpholine rings is 1. The highest BCUT2D eigenvalue weighted by Gasteiger charge is 2.33. The first-order valence-electron chi connectivity index (χ1n) is 7.71. The lowest BCUT2D eigenvalue weighted by Gasteiger charge is -2.24. The van der Waals surface area contributed by atoms with Gasteiger partial charge in [-0.3, -0.25) is 9.59 Å². The van der Waals surface area contributed by atoms with E-state index in [9.17, 15) is 9.59 Å². The van der Waals surface area contributed by atoms with Crippen LogP contribution < -0.4 is 15.5 Å². The topological polar surface area (TPSA) is 70.7 Å². The van der Waals surface area contributed by atoms with E-state index in [2.05, 4.69) is 10.6 Å². The van der Waals surface area contributed by atoms with Crippen molar-refractivity contribution in [3.63, 3.8) is 0 Å². The van der Waals surface area contributed by atoms with Crippen molar-refractivity contribution in [2.24, 2.45) is 0 Å². The van der Waals surface area contributed by atoms with Crippen molar-refractivity contribution in [2.75, 3.05) is 31.2 Å². The second-order valence-corrected chi connectivity index (χ2v) is 5.66. The molecule has 1 aromatic carbocycles. The summed E-state index contributed by atoms with van der Waals surface area (Å²) in [6.07, 6.45) is 0.989. The third-order valence-electron chi connectivity index (χ3n) is 4.04. The smallest absolute Gasteiger partial charge is 0.249 e. The number of amides is 2. The Labute approximate surface area is 142 Å². The molecule has 126 valence electrons. The SMILES string of the molecule is Cl.O=C(CC1COCCN1)NC1CCN(c2ccccc2)C1=O. The lowest BCUT2D eigenvalue weighted by atomic mass is 10.1. The molecule has 2 amide bonds. The summed E-state index contributed by atoms with van der Waals surface area (Å²) in [5, 5.41) is 6.09. The molecule has 2 aliphatic rings. The van der Waals surface area contributed by atoms with Gasteiger partial charge in [0.25, 0.3) is 0 Å². The lowest BCUT2D eigenvalue weighted by molar-refractivity contribution is -0.127. The zero-order valence-corrected chi connectivity index (χ0v) is 13.7. The van der Waals surface area contributed by atoms with E-state index in [1.54, 1.807) is 4.90 Å². The zero-order chi connectivity index (χ0) is 15.4. The second kappa shape index (κ2) is 8.29. The summed E-state index contributed by atoms with van der Waals surface area (Å²) in [4.78, 5) is 26.2. The van der Waals surface area contributed by atoms with Gasteiger partial charge in [-0.05, 0) is 18.6 Å². The van der Waals surface area contributed by atoms with E-state index in [-0.39, 0.29) is 30.3 Å². The summed E-state index contributed by atoms with van der Waals surface area (Å²) in [7, 11) is 0. The molecule has 2 unspecified atom stereocenters. The molecule has 2 atom stereocenters. The average Bonchev–Trinajstić information content (AvgIpc) is 2.90. The summed E-state index contributed by atoms with van der Waals surface area (Å²) in [5.74, 6) is -0.135. The average molecular weight is 340 g/mol. The Morgan fingerprint density at radius 3 is 2.83 bits per heavy atom. The zero-order valence-electron chi connectivity index (χ0n) is 12.9. The molecule has 23 heavy (non-hydrogen) atoms. The van der Waals surface area contributed by atoms with Gasteiger partial charge in [0, 0.05) is 31.2 Å². The highest BCUT2D eigenvalue weighted by atomic mass is 35.5. The fourth-order valence-corrected chi connectivity index (χ4v) is 2.91. The van der Waals surface area contributed by atoms with Gasteiger partial charge in [-0.2, -0.15) is 0 Å². The van der Waals surface area contributed by atoms with Crippen LogP contribution >= 0.6 is 12.4 Å². The molecule has 0 spiro atoms. The molecule has 1 aromatic rings. The summed E-state index contributed by atoms with van der Waals surface area (Å²) < 4.78 is 5.33. The van der Waals surface area contributed by atoms with E-state index in [1.807, 2.05) is 30.3 Å². The Bertz CT molecular complexity index is 535. The largest absolute Gasteiger partial charge is 0.378 e. The van der Waals surface area contributed by atoms with E-state index in [0.717, 1.165) is 12.2 Å². The third-order valence-corrected chi connectivity index (χ3v) is 4.04. The number of benzene rings is 1. The Hall–Kier alpha value is -1.63. The first kappa shape index (κ1) is 17.7.